The van der Waals surface area contributed by atoms with Crippen LogP contribution in [0.4, 0.5) is 0 Å². The van der Waals surface area contributed by atoms with Gasteiger partial charge in [-0.15, -0.1) is 0 Å². The molecule has 3 aromatic rings. The highest BCUT2D eigenvalue weighted by Crippen LogP contribution is 2.29. The SMILES string of the molecule is N#Cc1ccc(S(=O)(=O)N2CCC(C(=O)N3CCC(n4c(=O)[nH]c5ccccc54)CC3)CC2)cc1. The molecule has 2 aliphatic heterocycles. The normalized spacial score (nSPS) is 18.5. The Bertz CT molecular complexity index is 1440. The summed E-state index contributed by atoms with van der Waals surface area (Å²) in [6.45, 7) is 1.75. The van der Waals surface area contributed by atoms with Crippen molar-refractivity contribution in [3.8, 4) is 6.07 Å². The van der Waals surface area contributed by atoms with Gasteiger partial charge in [0, 0.05) is 38.1 Å². The van der Waals surface area contributed by atoms with Gasteiger partial charge in [-0.25, -0.2) is 13.2 Å². The van der Waals surface area contributed by atoms with Gasteiger partial charge in [-0.2, -0.15) is 9.57 Å². The van der Waals surface area contributed by atoms with Crippen LogP contribution in [0.2, 0.25) is 0 Å². The number of hydrogen-bond acceptors (Lipinski definition) is 5. The molecule has 9 nitrogen and oxygen atoms in total. The molecule has 0 bridgehead atoms. The van der Waals surface area contributed by atoms with E-state index in [9.17, 15) is 18.0 Å². The van der Waals surface area contributed by atoms with E-state index >= 15 is 0 Å². The van der Waals surface area contributed by atoms with Crippen molar-refractivity contribution in [2.75, 3.05) is 26.2 Å². The van der Waals surface area contributed by atoms with Crippen LogP contribution in [0.1, 0.15) is 37.3 Å². The third-order valence-corrected chi connectivity index (χ3v) is 9.10. The summed E-state index contributed by atoms with van der Waals surface area (Å²) in [5.74, 6) is -0.125. The average molecular weight is 494 g/mol. The van der Waals surface area contributed by atoms with E-state index in [1.54, 1.807) is 0 Å². The van der Waals surface area contributed by atoms with Crippen LogP contribution < -0.4 is 5.69 Å². The monoisotopic (exact) mass is 493 g/mol. The van der Waals surface area contributed by atoms with Gasteiger partial charge in [0.2, 0.25) is 15.9 Å². The number of rotatable bonds is 4. The van der Waals surface area contributed by atoms with Crippen LogP contribution in [0.15, 0.2) is 58.2 Å². The zero-order valence-corrected chi connectivity index (χ0v) is 20.1. The number of nitriles is 1. The molecule has 2 fully saturated rings. The number of carbonyl (C=O) groups is 1. The highest BCUT2D eigenvalue weighted by atomic mass is 32.2. The number of benzene rings is 2. The summed E-state index contributed by atoms with van der Waals surface area (Å²) < 4.78 is 29.1. The van der Waals surface area contributed by atoms with Crippen LogP contribution in [0.5, 0.6) is 0 Å². The van der Waals surface area contributed by atoms with Crippen LogP contribution >= 0.6 is 0 Å². The van der Waals surface area contributed by atoms with Crippen molar-refractivity contribution in [3.63, 3.8) is 0 Å². The second-order valence-electron chi connectivity index (χ2n) is 9.19. The summed E-state index contributed by atoms with van der Waals surface area (Å²) >= 11 is 0. The average Bonchev–Trinajstić information content (AvgIpc) is 3.24. The molecule has 1 aromatic heterocycles. The van der Waals surface area contributed by atoms with Gasteiger partial charge < -0.3 is 9.88 Å². The maximum Gasteiger partial charge on any atom is 0.326 e. The molecular formula is C25H27N5O4S. The Kier molecular flexibility index (Phi) is 6.21. The summed E-state index contributed by atoms with van der Waals surface area (Å²) in [6.07, 6.45) is 2.38. The van der Waals surface area contributed by atoms with Gasteiger partial charge in [0.25, 0.3) is 0 Å². The van der Waals surface area contributed by atoms with Crippen molar-refractivity contribution < 1.29 is 13.2 Å². The molecule has 5 rings (SSSR count). The quantitative estimate of drug-likeness (QED) is 0.599. The number of amides is 1. The number of nitrogens with one attached hydrogen (secondary N) is 1. The fraction of sp³-hybridized carbons (Fsp3) is 0.400. The Balaban J connectivity index is 1.18. The first-order chi connectivity index (χ1) is 16.9. The predicted molar refractivity (Wildman–Crippen MR) is 130 cm³/mol. The molecule has 2 aromatic carbocycles. The third kappa shape index (κ3) is 4.37. The van der Waals surface area contributed by atoms with E-state index in [0.29, 0.717) is 57.4 Å². The molecule has 0 saturated carbocycles. The number of fused-ring (bicyclic) bond motifs is 1. The van der Waals surface area contributed by atoms with Crippen LogP contribution in [-0.4, -0.2) is 59.3 Å². The Morgan fingerprint density at radius 2 is 1.60 bits per heavy atom. The lowest BCUT2D eigenvalue weighted by Gasteiger charge is -2.37. The van der Waals surface area contributed by atoms with Crippen molar-refractivity contribution >= 4 is 27.0 Å². The van der Waals surface area contributed by atoms with Gasteiger partial charge in [-0.05, 0) is 62.1 Å². The molecule has 182 valence electrons. The Morgan fingerprint density at radius 1 is 0.943 bits per heavy atom. The van der Waals surface area contributed by atoms with Crippen molar-refractivity contribution in [3.05, 3.63) is 64.6 Å². The number of hydrogen-bond donors (Lipinski definition) is 1. The van der Waals surface area contributed by atoms with Gasteiger partial charge in [0.05, 0.1) is 27.6 Å². The van der Waals surface area contributed by atoms with Gasteiger partial charge in [0.15, 0.2) is 0 Å². The zero-order chi connectivity index (χ0) is 24.6. The molecule has 35 heavy (non-hydrogen) atoms. The van der Waals surface area contributed by atoms with Crippen LogP contribution in [0.3, 0.4) is 0 Å². The second kappa shape index (κ2) is 9.32. The van der Waals surface area contributed by atoms with E-state index < -0.39 is 10.0 Å². The second-order valence-corrected chi connectivity index (χ2v) is 11.1. The number of sulfonamides is 1. The number of H-pyrrole nitrogens is 1. The molecule has 0 atom stereocenters. The largest absolute Gasteiger partial charge is 0.342 e. The lowest BCUT2D eigenvalue weighted by molar-refractivity contribution is -0.138. The molecule has 3 heterocycles. The number of piperidine rings is 2. The first kappa shape index (κ1) is 23.3. The van der Waals surface area contributed by atoms with E-state index in [0.717, 1.165) is 11.0 Å². The number of aromatic amines is 1. The number of imidazole rings is 1. The molecule has 0 unspecified atom stereocenters. The zero-order valence-electron chi connectivity index (χ0n) is 19.3. The smallest absolute Gasteiger partial charge is 0.326 e. The first-order valence-electron chi connectivity index (χ1n) is 11.9. The minimum Gasteiger partial charge on any atom is -0.342 e. The van der Waals surface area contributed by atoms with Crippen LogP contribution in [0, 0.1) is 17.2 Å². The van der Waals surface area contributed by atoms with Gasteiger partial charge >= 0.3 is 5.69 Å². The molecule has 2 saturated heterocycles. The number of carbonyl (C=O) groups excluding carboxylic acids is 1. The van der Waals surface area contributed by atoms with Gasteiger partial charge in [0.1, 0.15) is 0 Å². The lowest BCUT2D eigenvalue weighted by Crippen LogP contribution is -2.47. The lowest BCUT2D eigenvalue weighted by atomic mass is 9.94. The number of para-hydroxylation sites is 2. The summed E-state index contributed by atoms with van der Waals surface area (Å²) in [7, 11) is -3.65. The topological polar surface area (TPSA) is 119 Å². The summed E-state index contributed by atoms with van der Waals surface area (Å²) in [4.78, 5) is 30.6. The Hall–Kier alpha value is -3.42. The molecule has 1 amide bonds. The van der Waals surface area contributed by atoms with E-state index in [1.165, 1.54) is 28.6 Å². The number of likely N-dealkylation sites (tertiary alicyclic amines) is 1. The summed E-state index contributed by atoms with van der Waals surface area (Å²) in [5.41, 5.74) is 2.00. The maximum atomic E-state index is 13.2. The van der Waals surface area contributed by atoms with Crippen LogP contribution in [-0.2, 0) is 14.8 Å². The first-order valence-corrected chi connectivity index (χ1v) is 13.3. The van der Waals surface area contributed by atoms with Crippen molar-refractivity contribution in [1.29, 1.82) is 5.26 Å². The van der Waals surface area contributed by atoms with Crippen molar-refractivity contribution in [2.45, 2.75) is 36.6 Å². The standard InChI is InChI=1S/C25H27N5O4S/c26-17-18-5-7-21(8-6-18)35(33,34)29-15-9-19(10-16-29)24(31)28-13-11-20(12-14-28)30-23-4-2-1-3-22(23)27-25(30)32/h1-8,19-20H,9-16H2,(H,27,32). The van der Waals surface area contributed by atoms with E-state index in [1.807, 2.05) is 39.8 Å². The summed E-state index contributed by atoms with van der Waals surface area (Å²) in [5, 5.41) is 8.92. The van der Waals surface area contributed by atoms with Gasteiger partial charge in [-0.3, -0.25) is 9.36 Å². The third-order valence-electron chi connectivity index (χ3n) is 7.19. The molecule has 2 aliphatic rings. The molecule has 1 N–H and O–H groups in total. The summed E-state index contributed by atoms with van der Waals surface area (Å²) in [6, 6.07) is 15.6. The fourth-order valence-corrected chi connectivity index (χ4v) is 6.70. The minimum absolute atomic E-state index is 0.0436. The molecule has 0 aliphatic carbocycles. The molecule has 0 radical (unpaired) electrons. The van der Waals surface area contributed by atoms with Crippen LogP contribution in [0.25, 0.3) is 11.0 Å². The Labute approximate surface area is 203 Å². The highest BCUT2D eigenvalue weighted by molar-refractivity contribution is 7.89. The van der Waals surface area contributed by atoms with Gasteiger partial charge in [-0.1, -0.05) is 12.1 Å². The van der Waals surface area contributed by atoms with E-state index in [-0.39, 0.29) is 28.5 Å². The maximum absolute atomic E-state index is 13.2. The molecule has 0 spiro atoms. The molecule has 10 heteroatoms. The number of aromatic nitrogens is 2. The minimum atomic E-state index is -3.65. The highest BCUT2D eigenvalue weighted by Gasteiger charge is 2.35. The molecular weight excluding hydrogens is 466 g/mol. The van der Waals surface area contributed by atoms with E-state index in [4.69, 9.17) is 5.26 Å². The van der Waals surface area contributed by atoms with Crippen molar-refractivity contribution in [1.82, 2.24) is 18.8 Å². The Morgan fingerprint density at radius 3 is 2.26 bits per heavy atom. The predicted octanol–water partition coefficient (Wildman–Crippen LogP) is 2.47. The van der Waals surface area contributed by atoms with Crippen molar-refractivity contribution in [2.24, 2.45) is 5.92 Å². The van der Waals surface area contributed by atoms with E-state index in [2.05, 4.69) is 4.98 Å². The fourth-order valence-electron chi connectivity index (χ4n) is 5.23. The number of nitrogens with zero attached hydrogens (tertiary/aromatic N) is 4.